The standard InChI is InChI=1S/C8H8N6O4/c1-13-8(18)14-3-10-5(6(14)11-12-13)7(17)9-2-4(15)16/h3H,2H2,1H3,(H,9,17)(H,15,16). The molecule has 2 aromatic rings. The molecule has 0 saturated heterocycles. The third kappa shape index (κ3) is 1.90. The maximum absolute atomic E-state index is 11.6. The van der Waals surface area contributed by atoms with Crippen molar-refractivity contribution in [1.82, 2.24) is 29.7 Å². The van der Waals surface area contributed by atoms with Crippen LogP contribution in [-0.4, -0.2) is 47.9 Å². The number of hydrogen-bond acceptors (Lipinski definition) is 6. The first kappa shape index (κ1) is 11.7. The predicted octanol–water partition coefficient (Wildman–Crippen LogP) is -2.36. The predicted molar refractivity (Wildman–Crippen MR) is 56.0 cm³/mol. The maximum atomic E-state index is 11.6. The Bertz CT molecular complexity index is 686. The Morgan fingerprint density at radius 3 is 2.89 bits per heavy atom. The van der Waals surface area contributed by atoms with Crippen LogP contribution in [0.2, 0.25) is 0 Å². The van der Waals surface area contributed by atoms with Gasteiger partial charge in [0.15, 0.2) is 11.3 Å². The summed E-state index contributed by atoms with van der Waals surface area (Å²) in [6.45, 7) is -0.546. The molecule has 94 valence electrons. The Balaban J connectivity index is 2.41. The van der Waals surface area contributed by atoms with Gasteiger partial charge in [-0.05, 0) is 0 Å². The first-order chi connectivity index (χ1) is 8.50. The normalized spacial score (nSPS) is 10.5. The van der Waals surface area contributed by atoms with Gasteiger partial charge in [0.1, 0.15) is 12.9 Å². The van der Waals surface area contributed by atoms with E-state index in [9.17, 15) is 14.4 Å². The number of aryl methyl sites for hydroxylation is 1. The Kier molecular flexibility index (Phi) is 2.75. The number of nitrogens with zero attached hydrogens (tertiary/aromatic N) is 5. The minimum Gasteiger partial charge on any atom is -0.480 e. The van der Waals surface area contributed by atoms with Gasteiger partial charge < -0.3 is 10.4 Å². The fourth-order valence-electron chi connectivity index (χ4n) is 1.28. The summed E-state index contributed by atoms with van der Waals surface area (Å²) in [4.78, 5) is 37.2. The first-order valence-electron chi connectivity index (χ1n) is 4.77. The van der Waals surface area contributed by atoms with Gasteiger partial charge in [-0.3, -0.25) is 9.59 Å². The molecule has 0 aliphatic carbocycles. The van der Waals surface area contributed by atoms with Crippen LogP contribution in [0.4, 0.5) is 0 Å². The molecule has 0 radical (unpaired) electrons. The Morgan fingerprint density at radius 2 is 2.22 bits per heavy atom. The molecule has 0 unspecified atom stereocenters. The molecule has 0 aliphatic heterocycles. The molecule has 10 nitrogen and oxygen atoms in total. The number of carbonyl (C=O) groups is 2. The van der Waals surface area contributed by atoms with E-state index >= 15 is 0 Å². The van der Waals surface area contributed by atoms with E-state index in [0.717, 1.165) is 15.4 Å². The smallest absolute Gasteiger partial charge is 0.352 e. The molecule has 0 fully saturated rings. The molecule has 0 aliphatic rings. The molecule has 0 atom stereocenters. The first-order valence-corrected chi connectivity index (χ1v) is 4.77. The van der Waals surface area contributed by atoms with Crippen molar-refractivity contribution in [3.8, 4) is 0 Å². The van der Waals surface area contributed by atoms with E-state index in [-0.39, 0.29) is 11.3 Å². The number of carboxylic acid groups (broad SMARTS) is 1. The second-order valence-electron chi connectivity index (χ2n) is 3.36. The molecule has 10 heteroatoms. The van der Waals surface area contributed by atoms with Gasteiger partial charge in [0.05, 0.1) is 0 Å². The van der Waals surface area contributed by atoms with E-state index in [1.807, 2.05) is 0 Å². The van der Waals surface area contributed by atoms with Crippen LogP contribution in [0, 0.1) is 0 Å². The second kappa shape index (κ2) is 4.24. The number of aliphatic carboxylic acids is 1. The molecule has 0 bridgehead atoms. The number of imidazole rings is 1. The Labute approximate surface area is 98.9 Å². The number of aromatic nitrogens is 5. The number of rotatable bonds is 3. The quantitative estimate of drug-likeness (QED) is 0.624. The highest BCUT2D eigenvalue weighted by Crippen LogP contribution is 2.01. The minimum absolute atomic E-state index is 0.0269. The Hall–Kier alpha value is -2.78. The van der Waals surface area contributed by atoms with Crippen LogP contribution in [-0.2, 0) is 11.8 Å². The summed E-state index contributed by atoms with van der Waals surface area (Å²) in [5, 5.41) is 17.7. The van der Waals surface area contributed by atoms with Crippen molar-refractivity contribution in [1.29, 1.82) is 0 Å². The van der Waals surface area contributed by atoms with Crippen LogP contribution in [0.25, 0.3) is 5.65 Å². The lowest BCUT2D eigenvalue weighted by Crippen LogP contribution is -2.31. The zero-order valence-corrected chi connectivity index (χ0v) is 9.19. The number of amides is 1. The van der Waals surface area contributed by atoms with E-state index in [0.29, 0.717) is 0 Å². The third-order valence-corrected chi connectivity index (χ3v) is 2.11. The fraction of sp³-hybridized carbons (Fsp3) is 0.250. The number of carbonyl (C=O) groups excluding carboxylic acids is 1. The maximum Gasteiger partial charge on any atom is 0.352 e. The highest BCUT2D eigenvalue weighted by molar-refractivity contribution is 5.98. The summed E-state index contributed by atoms with van der Waals surface area (Å²) in [5.74, 6) is -1.92. The van der Waals surface area contributed by atoms with Gasteiger partial charge in [0.2, 0.25) is 0 Å². The van der Waals surface area contributed by atoms with E-state index in [2.05, 4.69) is 20.6 Å². The monoisotopic (exact) mass is 252 g/mol. The largest absolute Gasteiger partial charge is 0.480 e. The Morgan fingerprint density at radius 1 is 1.50 bits per heavy atom. The molecule has 2 rings (SSSR count). The van der Waals surface area contributed by atoms with Gasteiger partial charge in [-0.15, -0.1) is 5.10 Å². The molecule has 2 N–H and O–H groups in total. The topological polar surface area (TPSA) is 131 Å². The summed E-state index contributed by atoms with van der Waals surface area (Å²) in [6, 6.07) is 0. The highest BCUT2D eigenvalue weighted by Gasteiger charge is 2.17. The lowest BCUT2D eigenvalue weighted by molar-refractivity contribution is -0.135. The van der Waals surface area contributed by atoms with Crippen LogP contribution >= 0.6 is 0 Å². The van der Waals surface area contributed by atoms with Crippen LogP contribution < -0.4 is 11.0 Å². The van der Waals surface area contributed by atoms with Gasteiger partial charge in [0, 0.05) is 7.05 Å². The number of nitrogens with one attached hydrogen (secondary N) is 1. The molecule has 0 aromatic carbocycles. The van der Waals surface area contributed by atoms with Crippen LogP contribution in [0.3, 0.4) is 0 Å². The van der Waals surface area contributed by atoms with Gasteiger partial charge in [-0.2, -0.15) is 4.68 Å². The SMILES string of the molecule is Cn1nnc2c(C(=O)NCC(=O)O)ncn2c1=O. The molecule has 1 amide bonds. The summed E-state index contributed by atoms with van der Waals surface area (Å²) in [5.41, 5.74) is -0.688. The fourth-order valence-corrected chi connectivity index (χ4v) is 1.28. The van der Waals surface area contributed by atoms with Crippen molar-refractivity contribution in [2.75, 3.05) is 6.54 Å². The van der Waals surface area contributed by atoms with Crippen molar-refractivity contribution < 1.29 is 14.7 Å². The number of carboxylic acids is 1. The van der Waals surface area contributed by atoms with E-state index in [1.54, 1.807) is 0 Å². The number of fused-ring (bicyclic) bond motifs is 1. The molecule has 18 heavy (non-hydrogen) atoms. The molecule has 2 heterocycles. The zero-order valence-electron chi connectivity index (χ0n) is 9.19. The van der Waals surface area contributed by atoms with Crippen molar-refractivity contribution in [3.63, 3.8) is 0 Å². The minimum atomic E-state index is -1.19. The van der Waals surface area contributed by atoms with Crippen molar-refractivity contribution in [2.45, 2.75) is 0 Å². The molecule has 0 saturated carbocycles. The van der Waals surface area contributed by atoms with Crippen molar-refractivity contribution in [3.05, 3.63) is 22.5 Å². The van der Waals surface area contributed by atoms with E-state index < -0.39 is 24.1 Å². The second-order valence-corrected chi connectivity index (χ2v) is 3.36. The summed E-state index contributed by atoms with van der Waals surface area (Å²) in [6.07, 6.45) is 1.13. The lowest BCUT2D eigenvalue weighted by Gasteiger charge is -1.99. The van der Waals surface area contributed by atoms with Gasteiger partial charge in [-0.1, -0.05) is 5.21 Å². The van der Waals surface area contributed by atoms with Gasteiger partial charge >= 0.3 is 11.7 Å². The summed E-state index contributed by atoms with van der Waals surface area (Å²) in [7, 11) is 1.40. The van der Waals surface area contributed by atoms with Gasteiger partial charge in [0.25, 0.3) is 5.91 Å². The summed E-state index contributed by atoms with van der Waals surface area (Å²) < 4.78 is 2.02. The average Bonchev–Trinajstić information content (AvgIpc) is 2.75. The van der Waals surface area contributed by atoms with Crippen molar-refractivity contribution >= 4 is 17.5 Å². The molecule has 2 aromatic heterocycles. The molecular formula is C8H8N6O4. The summed E-state index contributed by atoms with van der Waals surface area (Å²) >= 11 is 0. The third-order valence-electron chi connectivity index (χ3n) is 2.11. The van der Waals surface area contributed by atoms with Crippen LogP contribution in [0.1, 0.15) is 10.5 Å². The molecular weight excluding hydrogens is 244 g/mol. The van der Waals surface area contributed by atoms with Gasteiger partial charge in [-0.25, -0.2) is 14.2 Å². The van der Waals surface area contributed by atoms with E-state index in [4.69, 9.17) is 5.11 Å². The van der Waals surface area contributed by atoms with Crippen LogP contribution in [0.5, 0.6) is 0 Å². The average molecular weight is 252 g/mol. The molecule has 0 spiro atoms. The lowest BCUT2D eigenvalue weighted by atomic mass is 10.4. The van der Waals surface area contributed by atoms with Crippen LogP contribution in [0.15, 0.2) is 11.1 Å². The van der Waals surface area contributed by atoms with Crippen molar-refractivity contribution in [2.24, 2.45) is 7.05 Å². The number of hydrogen-bond donors (Lipinski definition) is 2. The zero-order chi connectivity index (χ0) is 13.3. The highest BCUT2D eigenvalue weighted by atomic mass is 16.4. The van der Waals surface area contributed by atoms with E-state index in [1.165, 1.54) is 7.05 Å².